The van der Waals surface area contributed by atoms with Gasteiger partial charge in [-0.1, -0.05) is 18.6 Å². The molecule has 0 radical (unpaired) electrons. The van der Waals surface area contributed by atoms with Gasteiger partial charge in [-0.25, -0.2) is 4.79 Å². The normalized spacial score (nSPS) is 20.9. The molecule has 5 nitrogen and oxygen atoms in total. The number of carbonyl (C=O) groups excluding carboxylic acids is 1. The largest absolute Gasteiger partial charge is 0.495 e. The zero-order valence-corrected chi connectivity index (χ0v) is 14.5. The number of carbonyl (C=O) groups is 1. The number of amides is 1. The van der Waals surface area contributed by atoms with Crippen molar-refractivity contribution in [3.05, 3.63) is 24.3 Å². The van der Waals surface area contributed by atoms with Gasteiger partial charge in [0.2, 0.25) is 0 Å². The molecular formula is C18H28N2O3. The summed E-state index contributed by atoms with van der Waals surface area (Å²) in [5, 5.41) is 6.46. The van der Waals surface area contributed by atoms with E-state index in [1.54, 1.807) is 7.11 Å². The van der Waals surface area contributed by atoms with Crippen molar-refractivity contribution in [3.8, 4) is 5.75 Å². The molecule has 5 heteroatoms. The third-order valence-corrected chi connectivity index (χ3v) is 4.01. The molecule has 1 amide bonds. The summed E-state index contributed by atoms with van der Waals surface area (Å²) in [4.78, 5) is 11.8. The van der Waals surface area contributed by atoms with E-state index in [9.17, 15) is 4.79 Å². The summed E-state index contributed by atoms with van der Waals surface area (Å²) in [5.41, 5.74) is 0.540. The van der Waals surface area contributed by atoms with Crippen LogP contribution in [0.25, 0.3) is 0 Å². The van der Waals surface area contributed by atoms with Crippen LogP contribution in [-0.4, -0.2) is 31.4 Å². The summed E-state index contributed by atoms with van der Waals surface area (Å²) < 4.78 is 10.7. The van der Waals surface area contributed by atoms with Crippen LogP contribution in [0.15, 0.2) is 24.3 Å². The van der Waals surface area contributed by atoms with Gasteiger partial charge in [0.1, 0.15) is 11.4 Å². The summed E-state index contributed by atoms with van der Waals surface area (Å²) in [6.07, 6.45) is 3.01. The van der Waals surface area contributed by atoms with E-state index < -0.39 is 5.60 Å². The Morgan fingerprint density at radius 3 is 2.70 bits per heavy atom. The fourth-order valence-electron chi connectivity index (χ4n) is 2.96. The summed E-state index contributed by atoms with van der Waals surface area (Å²) >= 11 is 0. The first-order valence-corrected chi connectivity index (χ1v) is 8.25. The minimum atomic E-state index is -0.463. The lowest BCUT2D eigenvalue weighted by molar-refractivity contribution is 0.0519. The van der Waals surface area contributed by atoms with Crippen LogP contribution in [0.2, 0.25) is 0 Å². The Bertz CT molecular complexity index is 525. The van der Waals surface area contributed by atoms with Crippen LogP contribution in [0.3, 0.4) is 0 Å². The van der Waals surface area contributed by atoms with Gasteiger partial charge in [0.25, 0.3) is 0 Å². The van der Waals surface area contributed by atoms with Crippen molar-refractivity contribution >= 4 is 11.8 Å². The van der Waals surface area contributed by atoms with Crippen LogP contribution in [0.5, 0.6) is 5.75 Å². The van der Waals surface area contributed by atoms with Gasteiger partial charge in [-0.2, -0.15) is 0 Å². The molecule has 2 N–H and O–H groups in total. The maximum absolute atomic E-state index is 11.8. The molecule has 0 aliphatic heterocycles. The van der Waals surface area contributed by atoms with Crippen LogP contribution >= 0.6 is 0 Å². The van der Waals surface area contributed by atoms with Gasteiger partial charge in [0.15, 0.2) is 0 Å². The van der Waals surface area contributed by atoms with E-state index in [0.29, 0.717) is 18.5 Å². The van der Waals surface area contributed by atoms with Crippen LogP contribution in [0.4, 0.5) is 10.5 Å². The fourth-order valence-corrected chi connectivity index (χ4v) is 2.96. The molecule has 1 aromatic rings. The molecule has 0 heterocycles. The maximum Gasteiger partial charge on any atom is 0.407 e. The van der Waals surface area contributed by atoms with E-state index in [4.69, 9.17) is 9.47 Å². The first-order chi connectivity index (χ1) is 10.9. The highest BCUT2D eigenvalue weighted by Crippen LogP contribution is 2.31. The topological polar surface area (TPSA) is 59.6 Å². The lowest BCUT2D eigenvalue weighted by Gasteiger charge is -2.25. The van der Waals surface area contributed by atoms with E-state index in [1.807, 2.05) is 45.0 Å². The van der Waals surface area contributed by atoms with Crippen LogP contribution < -0.4 is 15.4 Å². The zero-order valence-electron chi connectivity index (χ0n) is 14.5. The van der Waals surface area contributed by atoms with Crippen molar-refractivity contribution < 1.29 is 14.3 Å². The highest BCUT2D eigenvalue weighted by atomic mass is 16.6. The van der Waals surface area contributed by atoms with Gasteiger partial charge in [0.05, 0.1) is 12.8 Å². The molecule has 23 heavy (non-hydrogen) atoms. The second-order valence-electron chi connectivity index (χ2n) is 7.02. The monoisotopic (exact) mass is 320 g/mol. The van der Waals surface area contributed by atoms with Crippen molar-refractivity contribution in [2.75, 3.05) is 19.0 Å². The van der Waals surface area contributed by atoms with E-state index in [1.165, 1.54) is 0 Å². The third-order valence-electron chi connectivity index (χ3n) is 4.01. The average Bonchev–Trinajstić information content (AvgIpc) is 2.91. The van der Waals surface area contributed by atoms with E-state index in [-0.39, 0.29) is 6.09 Å². The molecule has 2 unspecified atom stereocenters. The van der Waals surface area contributed by atoms with E-state index in [0.717, 1.165) is 30.7 Å². The SMILES string of the molecule is COc1ccccc1NC1CCCC1CNC(=O)OC(C)(C)C. The molecule has 1 aliphatic carbocycles. The molecule has 0 aromatic heterocycles. The number of benzene rings is 1. The molecule has 1 aromatic carbocycles. The smallest absolute Gasteiger partial charge is 0.407 e. The Kier molecular flexibility index (Phi) is 5.74. The zero-order chi connectivity index (χ0) is 16.9. The number of ether oxygens (including phenoxy) is 2. The first kappa shape index (κ1) is 17.4. The second-order valence-corrected chi connectivity index (χ2v) is 7.02. The standard InChI is InChI=1S/C18H28N2O3/c1-18(2,3)23-17(21)19-12-13-8-7-10-14(13)20-15-9-5-6-11-16(15)22-4/h5-6,9,11,13-14,20H,7-8,10,12H2,1-4H3,(H,19,21). The molecule has 2 atom stereocenters. The molecule has 0 saturated heterocycles. The predicted octanol–water partition coefficient (Wildman–Crippen LogP) is 3.80. The van der Waals surface area contributed by atoms with Gasteiger partial charge in [-0.15, -0.1) is 0 Å². The minimum absolute atomic E-state index is 0.334. The second kappa shape index (κ2) is 7.57. The van der Waals surface area contributed by atoms with Crippen LogP contribution in [-0.2, 0) is 4.74 Å². The highest BCUT2D eigenvalue weighted by Gasteiger charge is 2.28. The number of para-hydroxylation sites is 2. The number of anilines is 1. The van der Waals surface area contributed by atoms with Crippen molar-refractivity contribution in [3.63, 3.8) is 0 Å². The lowest BCUT2D eigenvalue weighted by Crippen LogP contribution is -2.38. The van der Waals surface area contributed by atoms with E-state index >= 15 is 0 Å². The molecule has 2 rings (SSSR count). The molecule has 0 bridgehead atoms. The summed E-state index contributed by atoms with van der Waals surface area (Å²) in [6.45, 7) is 6.23. The van der Waals surface area contributed by atoms with Crippen molar-refractivity contribution in [2.45, 2.75) is 51.7 Å². The van der Waals surface area contributed by atoms with Gasteiger partial charge in [-0.3, -0.25) is 0 Å². The molecule has 1 fully saturated rings. The van der Waals surface area contributed by atoms with Crippen molar-refractivity contribution in [2.24, 2.45) is 5.92 Å². The third kappa shape index (κ3) is 5.34. The lowest BCUT2D eigenvalue weighted by atomic mass is 10.0. The molecule has 0 spiro atoms. The van der Waals surface area contributed by atoms with Crippen molar-refractivity contribution in [1.82, 2.24) is 5.32 Å². The molecule has 1 saturated carbocycles. The molecular weight excluding hydrogens is 292 g/mol. The summed E-state index contributed by atoms with van der Waals surface area (Å²) in [5.74, 6) is 1.24. The number of hydrogen-bond donors (Lipinski definition) is 2. The number of methoxy groups -OCH3 is 1. The predicted molar refractivity (Wildman–Crippen MR) is 92.0 cm³/mol. The Morgan fingerprint density at radius 2 is 2.00 bits per heavy atom. The quantitative estimate of drug-likeness (QED) is 0.866. The fraction of sp³-hybridized carbons (Fsp3) is 0.611. The van der Waals surface area contributed by atoms with Gasteiger partial charge in [0, 0.05) is 12.6 Å². The number of hydrogen-bond acceptors (Lipinski definition) is 4. The maximum atomic E-state index is 11.8. The van der Waals surface area contributed by atoms with Gasteiger partial charge < -0.3 is 20.1 Å². The number of nitrogens with one attached hydrogen (secondary N) is 2. The number of rotatable bonds is 5. The van der Waals surface area contributed by atoms with Gasteiger partial charge in [-0.05, 0) is 51.7 Å². The Balaban J connectivity index is 1.89. The highest BCUT2D eigenvalue weighted by molar-refractivity contribution is 5.67. The minimum Gasteiger partial charge on any atom is -0.495 e. The Hall–Kier alpha value is -1.91. The Labute approximate surface area is 138 Å². The first-order valence-electron chi connectivity index (χ1n) is 8.25. The molecule has 1 aliphatic rings. The van der Waals surface area contributed by atoms with Crippen LogP contribution in [0, 0.1) is 5.92 Å². The summed E-state index contributed by atoms with van der Waals surface area (Å²) in [6, 6.07) is 8.26. The molecule has 128 valence electrons. The summed E-state index contributed by atoms with van der Waals surface area (Å²) in [7, 11) is 1.68. The van der Waals surface area contributed by atoms with Crippen LogP contribution in [0.1, 0.15) is 40.0 Å². The average molecular weight is 320 g/mol. The Morgan fingerprint density at radius 1 is 1.26 bits per heavy atom. The van der Waals surface area contributed by atoms with Crippen molar-refractivity contribution in [1.29, 1.82) is 0 Å². The number of alkyl carbamates (subject to hydrolysis) is 1. The van der Waals surface area contributed by atoms with E-state index in [2.05, 4.69) is 10.6 Å². The van der Waals surface area contributed by atoms with Gasteiger partial charge >= 0.3 is 6.09 Å².